The fourth-order valence-corrected chi connectivity index (χ4v) is 0.778. The van der Waals surface area contributed by atoms with Crippen LogP contribution in [-0.4, -0.2) is 11.7 Å². The summed E-state index contributed by atoms with van der Waals surface area (Å²) in [7, 11) is 0. The Hall–Kier alpha value is -1.09. The largest absolute Gasteiger partial charge is 0.619 e. The van der Waals surface area contributed by atoms with Gasteiger partial charge >= 0.3 is 0 Å². The number of aromatic nitrogens is 1. The molecule has 0 aromatic carbocycles. The summed E-state index contributed by atoms with van der Waals surface area (Å²) in [5.41, 5.74) is 0.861. The van der Waals surface area contributed by atoms with Crippen LogP contribution in [0.3, 0.4) is 0 Å². The Kier molecular flexibility index (Phi) is 2.23. The molecule has 0 amide bonds. The Bertz CT molecular complexity index is 213. The number of aliphatic hydroxyl groups excluding tert-OH is 1. The Morgan fingerprint density at radius 3 is 3.00 bits per heavy atom. The monoisotopic (exact) mass is 139 g/mol. The molecule has 3 nitrogen and oxygen atoms in total. The molecule has 1 heterocycles. The highest BCUT2D eigenvalue weighted by atomic mass is 16.5. The van der Waals surface area contributed by atoms with Crippen molar-refractivity contribution in [3.63, 3.8) is 0 Å². The van der Waals surface area contributed by atoms with Gasteiger partial charge in [-0.15, -0.1) is 0 Å². The van der Waals surface area contributed by atoms with E-state index in [4.69, 9.17) is 5.11 Å². The maximum atomic E-state index is 10.6. The van der Waals surface area contributed by atoms with E-state index in [1.165, 1.54) is 12.4 Å². The molecule has 0 aliphatic carbocycles. The van der Waals surface area contributed by atoms with Crippen molar-refractivity contribution in [2.24, 2.45) is 0 Å². The molecule has 0 spiro atoms. The summed E-state index contributed by atoms with van der Waals surface area (Å²) < 4.78 is 0.727. The van der Waals surface area contributed by atoms with Crippen LogP contribution in [0.4, 0.5) is 0 Å². The third kappa shape index (κ3) is 1.70. The molecular formula is C7H9NO2. The molecule has 10 heavy (non-hydrogen) atoms. The first-order valence-corrected chi connectivity index (χ1v) is 3.11. The predicted molar refractivity (Wildman–Crippen MR) is 36.2 cm³/mol. The summed E-state index contributed by atoms with van der Waals surface area (Å²) in [6.45, 7) is 0.0873. The molecule has 0 aliphatic heterocycles. The van der Waals surface area contributed by atoms with Crippen molar-refractivity contribution in [3.8, 4) is 0 Å². The van der Waals surface area contributed by atoms with Crippen LogP contribution < -0.4 is 4.73 Å². The van der Waals surface area contributed by atoms with E-state index in [1.54, 1.807) is 6.07 Å². The van der Waals surface area contributed by atoms with E-state index < -0.39 is 0 Å². The molecule has 0 aliphatic rings. The van der Waals surface area contributed by atoms with Gasteiger partial charge in [0.1, 0.15) is 0 Å². The van der Waals surface area contributed by atoms with Gasteiger partial charge in [-0.2, -0.15) is 4.73 Å². The van der Waals surface area contributed by atoms with Crippen molar-refractivity contribution in [1.82, 2.24) is 0 Å². The molecule has 54 valence electrons. The second-order valence-corrected chi connectivity index (χ2v) is 2.05. The highest BCUT2D eigenvalue weighted by Crippen LogP contribution is 1.93. The predicted octanol–water partition coefficient (Wildman–Crippen LogP) is -0.145. The quantitative estimate of drug-likeness (QED) is 0.457. The third-order valence-electron chi connectivity index (χ3n) is 1.24. The van der Waals surface area contributed by atoms with Gasteiger partial charge in [-0.1, -0.05) is 0 Å². The van der Waals surface area contributed by atoms with Crippen molar-refractivity contribution in [3.05, 3.63) is 35.3 Å². The van der Waals surface area contributed by atoms with E-state index in [0.29, 0.717) is 6.42 Å². The summed E-state index contributed by atoms with van der Waals surface area (Å²) in [4.78, 5) is 0. The standard InChI is InChI=1S/C7H9NO2/c9-5-3-7-2-1-4-8(10)6-7/h1-2,4,6,9H,3,5H2. The molecule has 0 saturated heterocycles. The lowest BCUT2D eigenvalue weighted by atomic mass is 10.2. The second kappa shape index (κ2) is 3.17. The fourth-order valence-electron chi connectivity index (χ4n) is 0.778. The van der Waals surface area contributed by atoms with Gasteiger partial charge in [-0.05, 0) is 6.07 Å². The van der Waals surface area contributed by atoms with Gasteiger partial charge in [0.15, 0.2) is 12.4 Å². The normalized spacial score (nSPS) is 9.70. The van der Waals surface area contributed by atoms with Crippen LogP contribution in [0.5, 0.6) is 0 Å². The van der Waals surface area contributed by atoms with Crippen molar-refractivity contribution in [2.45, 2.75) is 6.42 Å². The molecule has 0 unspecified atom stereocenters. The first-order chi connectivity index (χ1) is 4.83. The molecule has 3 heteroatoms. The minimum absolute atomic E-state index is 0.0873. The Balaban J connectivity index is 2.75. The minimum atomic E-state index is 0.0873. The van der Waals surface area contributed by atoms with Crippen molar-refractivity contribution < 1.29 is 9.84 Å². The van der Waals surface area contributed by atoms with E-state index in [-0.39, 0.29) is 6.61 Å². The molecular weight excluding hydrogens is 130 g/mol. The molecule has 0 bridgehead atoms. The first kappa shape index (κ1) is 7.02. The van der Waals surface area contributed by atoms with E-state index >= 15 is 0 Å². The lowest BCUT2D eigenvalue weighted by Gasteiger charge is -1.97. The van der Waals surface area contributed by atoms with Crippen LogP contribution in [0.2, 0.25) is 0 Å². The van der Waals surface area contributed by atoms with Gasteiger partial charge in [0.2, 0.25) is 0 Å². The SMILES string of the molecule is [O-][n+]1cccc(CCO)c1. The average molecular weight is 139 g/mol. The van der Waals surface area contributed by atoms with Crippen molar-refractivity contribution in [2.75, 3.05) is 6.61 Å². The van der Waals surface area contributed by atoms with Gasteiger partial charge in [0.05, 0.1) is 0 Å². The van der Waals surface area contributed by atoms with Crippen molar-refractivity contribution in [1.29, 1.82) is 0 Å². The average Bonchev–Trinajstić information content (AvgIpc) is 1.88. The van der Waals surface area contributed by atoms with Crippen LogP contribution in [0.25, 0.3) is 0 Å². The van der Waals surface area contributed by atoms with Gasteiger partial charge in [-0.25, -0.2) is 0 Å². The molecule has 0 radical (unpaired) electrons. The lowest BCUT2D eigenvalue weighted by Crippen LogP contribution is -2.24. The Morgan fingerprint density at radius 1 is 1.60 bits per heavy atom. The van der Waals surface area contributed by atoms with E-state index in [2.05, 4.69) is 0 Å². The highest BCUT2D eigenvalue weighted by Gasteiger charge is 1.93. The summed E-state index contributed by atoms with van der Waals surface area (Å²) in [6.07, 6.45) is 3.42. The van der Waals surface area contributed by atoms with Gasteiger partial charge in [-0.3, -0.25) is 0 Å². The van der Waals surface area contributed by atoms with Gasteiger partial charge in [0, 0.05) is 24.7 Å². The molecule has 1 rings (SSSR count). The van der Waals surface area contributed by atoms with E-state index in [0.717, 1.165) is 10.3 Å². The van der Waals surface area contributed by atoms with Crippen LogP contribution in [0.1, 0.15) is 5.56 Å². The molecule has 0 saturated carbocycles. The Labute approximate surface area is 59.1 Å². The van der Waals surface area contributed by atoms with Crippen LogP contribution in [0, 0.1) is 5.21 Å². The third-order valence-corrected chi connectivity index (χ3v) is 1.24. The number of aliphatic hydroxyl groups is 1. The van der Waals surface area contributed by atoms with Crippen LogP contribution in [-0.2, 0) is 6.42 Å². The minimum Gasteiger partial charge on any atom is -0.619 e. The van der Waals surface area contributed by atoms with Gasteiger partial charge in [0.25, 0.3) is 0 Å². The van der Waals surface area contributed by atoms with Crippen molar-refractivity contribution >= 4 is 0 Å². The van der Waals surface area contributed by atoms with E-state index in [9.17, 15) is 5.21 Å². The number of pyridine rings is 1. The maximum absolute atomic E-state index is 10.6. The molecule has 0 atom stereocenters. The number of rotatable bonds is 2. The van der Waals surface area contributed by atoms with Gasteiger partial charge < -0.3 is 10.3 Å². The fraction of sp³-hybridized carbons (Fsp3) is 0.286. The van der Waals surface area contributed by atoms with Crippen LogP contribution >= 0.6 is 0 Å². The Morgan fingerprint density at radius 2 is 2.40 bits per heavy atom. The molecule has 1 N–H and O–H groups in total. The molecule has 1 aromatic rings. The summed E-state index contributed by atoms with van der Waals surface area (Å²) in [5, 5.41) is 19.1. The topological polar surface area (TPSA) is 47.2 Å². The maximum Gasteiger partial charge on any atom is 0.183 e. The zero-order chi connectivity index (χ0) is 7.40. The zero-order valence-electron chi connectivity index (χ0n) is 5.53. The first-order valence-electron chi connectivity index (χ1n) is 3.11. The smallest absolute Gasteiger partial charge is 0.183 e. The van der Waals surface area contributed by atoms with Crippen LogP contribution in [0.15, 0.2) is 24.5 Å². The molecule has 0 fully saturated rings. The zero-order valence-corrected chi connectivity index (χ0v) is 5.53. The summed E-state index contributed by atoms with van der Waals surface area (Å²) in [6, 6.07) is 3.47. The number of nitrogens with zero attached hydrogens (tertiary/aromatic N) is 1. The summed E-state index contributed by atoms with van der Waals surface area (Å²) in [5.74, 6) is 0. The molecule has 1 aromatic heterocycles. The summed E-state index contributed by atoms with van der Waals surface area (Å²) >= 11 is 0. The highest BCUT2D eigenvalue weighted by molar-refractivity contribution is 5.05. The second-order valence-electron chi connectivity index (χ2n) is 2.05. The number of hydrogen-bond donors (Lipinski definition) is 1. The van der Waals surface area contributed by atoms with E-state index in [1.807, 2.05) is 6.07 Å². The number of hydrogen-bond acceptors (Lipinski definition) is 2. The lowest BCUT2D eigenvalue weighted by molar-refractivity contribution is -0.605.